The molecule has 1 aromatic carbocycles. The fraction of sp³-hybridized carbons (Fsp3) is 0.357. The number of nitrogens with one attached hydrogen (secondary N) is 2. The number of amides is 1. The molecule has 0 aliphatic heterocycles. The lowest BCUT2D eigenvalue weighted by atomic mass is 10.1. The van der Waals surface area contributed by atoms with Crippen LogP contribution in [-0.2, 0) is 14.3 Å². The first-order valence-corrected chi connectivity index (χ1v) is 6.28. The predicted octanol–water partition coefficient (Wildman–Crippen LogP) is 1.33. The summed E-state index contributed by atoms with van der Waals surface area (Å²) < 4.78 is 4.84. The standard InChI is InChI=1S/C13H17N3O2.CO2/c1-3-15-12(16-13(17)18-4-2)11-7-5-10(9-14)6-8-11;2-1-3/h5-8,12,15H,3-4H2,1-2H3,(H,16,17);. The van der Waals surface area contributed by atoms with E-state index in [9.17, 15) is 4.79 Å². The molecule has 2 N–H and O–H groups in total. The Morgan fingerprint density at radius 1 is 1.29 bits per heavy atom. The van der Waals surface area contributed by atoms with Gasteiger partial charge >= 0.3 is 12.2 Å². The van der Waals surface area contributed by atoms with E-state index in [1.54, 1.807) is 31.2 Å². The topological polar surface area (TPSA) is 108 Å². The van der Waals surface area contributed by atoms with Gasteiger partial charge in [-0.3, -0.25) is 5.32 Å². The number of rotatable bonds is 5. The van der Waals surface area contributed by atoms with Gasteiger partial charge in [-0.05, 0) is 31.2 Å². The molecule has 1 aromatic rings. The third-order valence-corrected chi connectivity index (χ3v) is 2.32. The molecular weight excluding hydrogens is 274 g/mol. The molecule has 0 heterocycles. The molecule has 0 saturated carbocycles. The molecule has 0 spiro atoms. The van der Waals surface area contributed by atoms with Crippen molar-refractivity contribution < 1.29 is 19.1 Å². The molecule has 0 fully saturated rings. The molecule has 0 bridgehead atoms. The van der Waals surface area contributed by atoms with Crippen LogP contribution in [0, 0.1) is 11.3 Å². The quantitative estimate of drug-likeness (QED) is 0.792. The molecule has 0 aliphatic rings. The number of carbonyl (C=O) groups excluding carboxylic acids is 3. The third-order valence-electron chi connectivity index (χ3n) is 2.32. The number of hydrogen-bond donors (Lipinski definition) is 2. The maximum atomic E-state index is 11.4. The van der Waals surface area contributed by atoms with Crippen LogP contribution >= 0.6 is 0 Å². The minimum atomic E-state index is -0.465. The van der Waals surface area contributed by atoms with Crippen LogP contribution in [0.3, 0.4) is 0 Å². The van der Waals surface area contributed by atoms with Gasteiger partial charge in [0.15, 0.2) is 0 Å². The lowest BCUT2D eigenvalue weighted by molar-refractivity contribution is -0.191. The SMILES string of the molecule is CCNC(NC(=O)OCC)c1ccc(C#N)cc1.O=C=O. The largest absolute Gasteiger partial charge is 0.450 e. The zero-order valence-corrected chi connectivity index (χ0v) is 11.9. The van der Waals surface area contributed by atoms with Crippen LogP contribution in [0.15, 0.2) is 24.3 Å². The lowest BCUT2D eigenvalue weighted by Gasteiger charge is -2.19. The van der Waals surface area contributed by atoms with Gasteiger partial charge < -0.3 is 10.1 Å². The predicted molar refractivity (Wildman–Crippen MR) is 72.7 cm³/mol. The molecule has 7 heteroatoms. The Balaban J connectivity index is 0.00000122. The summed E-state index contributed by atoms with van der Waals surface area (Å²) in [5, 5.41) is 14.6. The van der Waals surface area contributed by atoms with Crippen LogP contribution in [0.5, 0.6) is 0 Å². The highest BCUT2D eigenvalue weighted by atomic mass is 16.5. The monoisotopic (exact) mass is 291 g/mol. The number of alkyl carbamates (subject to hydrolysis) is 1. The molecule has 0 aliphatic carbocycles. The summed E-state index contributed by atoms with van der Waals surface area (Å²) >= 11 is 0. The Labute approximate surface area is 122 Å². The number of nitrogens with zero attached hydrogens (tertiary/aromatic N) is 1. The number of benzene rings is 1. The van der Waals surface area contributed by atoms with Crippen molar-refractivity contribution in [2.24, 2.45) is 0 Å². The summed E-state index contributed by atoms with van der Waals surface area (Å²) in [5.41, 5.74) is 1.47. The number of hydrogen-bond acceptors (Lipinski definition) is 6. The number of carbonyl (C=O) groups is 1. The van der Waals surface area contributed by atoms with Crippen molar-refractivity contribution in [3.8, 4) is 6.07 Å². The van der Waals surface area contributed by atoms with Gasteiger partial charge in [-0.15, -0.1) is 0 Å². The highest BCUT2D eigenvalue weighted by Gasteiger charge is 2.13. The maximum Gasteiger partial charge on any atom is 0.408 e. The number of ether oxygens (including phenoxy) is 1. The van der Waals surface area contributed by atoms with E-state index in [0.29, 0.717) is 18.7 Å². The van der Waals surface area contributed by atoms with Gasteiger partial charge in [-0.25, -0.2) is 4.79 Å². The van der Waals surface area contributed by atoms with Crippen molar-refractivity contribution in [3.63, 3.8) is 0 Å². The van der Waals surface area contributed by atoms with Crippen molar-refractivity contribution in [3.05, 3.63) is 35.4 Å². The molecule has 0 saturated heterocycles. The van der Waals surface area contributed by atoms with Gasteiger partial charge in [-0.2, -0.15) is 14.9 Å². The van der Waals surface area contributed by atoms with E-state index in [2.05, 4.69) is 16.7 Å². The van der Waals surface area contributed by atoms with Gasteiger partial charge in [-0.1, -0.05) is 19.1 Å². The second kappa shape index (κ2) is 11.2. The molecule has 0 aromatic heterocycles. The van der Waals surface area contributed by atoms with Crippen molar-refractivity contribution >= 4 is 12.2 Å². The molecule has 1 rings (SSSR count). The van der Waals surface area contributed by atoms with E-state index in [1.807, 2.05) is 6.92 Å². The van der Waals surface area contributed by atoms with Crippen LogP contribution in [0.1, 0.15) is 31.1 Å². The summed E-state index contributed by atoms with van der Waals surface area (Å²) in [4.78, 5) is 27.6. The molecule has 112 valence electrons. The molecular formula is C14H17N3O4. The first kappa shape index (κ1) is 18.3. The van der Waals surface area contributed by atoms with E-state index >= 15 is 0 Å². The smallest absolute Gasteiger partial charge is 0.408 e. The average molecular weight is 291 g/mol. The summed E-state index contributed by atoms with van der Waals surface area (Å²) in [6, 6.07) is 9.09. The molecule has 1 atom stereocenters. The molecule has 1 unspecified atom stereocenters. The van der Waals surface area contributed by atoms with Crippen LogP contribution in [0.25, 0.3) is 0 Å². The Bertz CT molecular complexity index is 502. The van der Waals surface area contributed by atoms with E-state index in [4.69, 9.17) is 19.6 Å². The van der Waals surface area contributed by atoms with Gasteiger partial charge in [0.1, 0.15) is 6.17 Å². The first-order chi connectivity index (χ1) is 10.1. The van der Waals surface area contributed by atoms with Gasteiger partial charge in [0, 0.05) is 0 Å². The van der Waals surface area contributed by atoms with Crippen LogP contribution < -0.4 is 10.6 Å². The molecule has 0 radical (unpaired) electrons. The minimum Gasteiger partial charge on any atom is -0.450 e. The number of nitriles is 1. The van der Waals surface area contributed by atoms with Crippen LogP contribution in [0.4, 0.5) is 4.79 Å². The van der Waals surface area contributed by atoms with Gasteiger partial charge in [0.25, 0.3) is 0 Å². The molecule has 21 heavy (non-hydrogen) atoms. The van der Waals surface area contributed by atoms with Gasteiger partial charge in [0.05, 0.1) is 18.2 Å². The van der Waals surface area contributed by atoms with Crippen molar-refractivity contribution in [1.82, 2.24) is 10.6 Å². The van der Waals surface area contributed by atoms with Crippen LogP contribution in [0.2, 0.25) is 0 Å². The summed E-state index contributed by atoms with van der Waals surface area (Å²) in [6.45, 7) is 4.74. The Kier molecular flexibility index (Phi) is 9.75. The van der Waals surface area contributed by atoms with E-state index < -0.39 is 6.09 Å². The first-order valence-electron chi connectivity index (χ1n) is 6.28. The molecule has 7 nitrogen and oxygen atoms in total. The summed E-state index contributed by atoms with van der Waals surface area (Å²) in [5.74, 6) is 0. The average Bonchev–Trinajstić information content (AvgIpc) is 2.48. The van der Waals surface area contributed by atoms with Crippen LogP contribution in [-0.4, -0.2) is 25.4 Å². The second-order valence-corrected chi connectivity index (χ2v) is 3.67. The fourth-order valence-corrected chi connectivity index (χ4v) is 1.50. The Morgan fingerprint density at radius 3 is 2.29 bits per heavy atom. The summed E-state index contributed by atoms with van der Waals surface area (Å²) in [7, 11) is 0. The van der Waals surface area contributed by atoms with E-state index in [-0.39, 0.29) is 12.3 Å². The van der Waals surface area contributed by atoms with Crippen molar-refractivity contribution in [2.45, 2.75) is 20.0 Å². The minimum absolute atomic E-state index is 0.250. The summed E-state index contributed by atoms with van der Waals surface area (Å²) in [6.07, 6.45) is -0.533. The second-order valence-electron chi connectivity index (χ2n) is 3.67. The van der Waals surface area contributed by atoms with E-state index in [1.165, 1.54) is 0 Å². The van der Waals surface area contributed by atoms with E-state index in [0.717, 1.165) is 5.56 Å². The van der Waals surface area contributed by atoms with Crippen molar-refractivity contribution in [2.75, 3.05) is 13.2 Å². The zero-order valence-electron chi connectivity index (χ0n) is 11.9. The Hall–Kier alpha value is -2.68. The third kappa shape index (κ3) is 7.47. The Morgan fingerprint density at radius 2 is 1.86 bits per heavy atom. The molecule has 1 amide bonds. The highest BCUT2D eigenvalue weighted by Crippen LogP contribution is 2.11. The van der Waals surface area contributed by atoms with Gasteiger partial charge in [0.2, 0.25) is 0 Å². The maximum absolute atomic E-state index is 11.4. The zero-order chi connectivity index (χ0) is 16.1. The van der Waals surface area contributed by atoms with Crippen molar-refractivity contribution in [1.29, 1.82) is 5.26 Å². The fourth-order valence-electron chi connectivity index (χ4n) is 1.50. The highest BCUT2D eigenvalue weighted by molar-refractivity contribution is 5.67. The normalized spacial score (nSPS) is 10.1. The lowest BCUT2D eigenvalue weighted by Crippen LogP contribution is -2.38.